The highest BCUT2D eigenvalue weighted by Gasteiger charge is 2.22. The minimum absolute atomic E-state index is 0.00296. The summed E-state index contributed by atoms with van der Waals surface area (Å²) in [5.74, 6) is 0.0229. The van der Waals surface area contributed by atoms with Gasteiger partial charge in [0.25, 0.3) is 5.91 Å². The van der Waals surface area contributed by atoms with E-state index in [4.69, 9.17) is 0 Å². The van der Waals surface area contributed by atoms with Crippen molar-refractivity contribution in [3.63, 3.8) is 0 Å². The molecule has 122 valence electrons. The van der Waals surface area contributed by atoms with Crippen molar-refractivity contribution in [3.8, 4) is 0 Å². The van der Waals surface area contributed by atoms with E-state index >= 15 is 0 Å². The van der Waals surface area contributed by atoms with Crippen LogP contribution < -0.4 is 4.72 Å². The number of nitrogens with zero attached hydrogens (tertiary/aromatic N) is 1. The van der Waals surface area contributed by atoms with E-state index in [0.29, 0.717) is 17.3 Å². The first-order valence-electron chi connectivity index (χ1n) is 7.80. The highest BCUT2D eigenvalue weighted by molar-refractivity contribution is 7.92. The van der Waals surface area contributed by atoms with Crippen LogP contribution in [0.2, 0.25) is 0 Å². The Balaban J connectivity index is 2.04. The van der Waals surface area contributed by atoms with Gasteiger partial charge in [-0.15, -0.1) is 0 Å². The van der Waals surface area contributed by atoms with Crippen LogP contribution in [0.25, 0.3) is 0 Å². The molecule has 6 heteroatoms. The fourth-order valence-electron chi connectivity index (χ4n) is 2.77. The van der Waals surface area contributed by atoms with Crippen molar-refractivity contribution in [3.05, 3.63) is 29.8 Å². The van der Waals surface area contributed by atoms with Crippen molar-refractivity contribution >= 4 is 21.6 Å². The Morgan fingerprint density at radius 1 is 1.18 bits per heavy atom. The van der Waals surface area contributed by atoms with Gasteiger partial charge in [-0.1, -0.05) is 19.3 Å². The molecule has 0 spiro atoms. The summed E-state index contributed by atoms with van der Waals surface area (Å²) in [7, 11) is -1.43. The third kappa shape index (κ3) is 4.22. The molecule has 1 saturated carbocycles. The number of hydrogen-bond acceptors (Lipinski definition) is 3. The molecule has 1 amide bonds. The number of amides is 1. The number of anilines is 1. The quantitative estimate of drug-likeness (QED) is 0.905. The van der Waals surface area contributed by atoms with Crippen LogP contribution in [0, 0.1) is 0 Å². The minimum atomic E-state index is -3.28. The molecule has 1 aliphatic carbocycles. The van der Waals surface area contributed by atoms with E-state index in [2.05, 4.69) is 4.72 Å². The van der Waals surface area contributed by atoms with E-state index in [1.165, 1.54) is 19.3 Å². The standard InChI is InChI=1S/C16H24N2O3S/c1-3-22(20,21)17-14-11-9-13(10-12-14)16(19)18(2)15-7-5-4-6-8-15/h9-12,15,17H,3-8H2,1-2H3. The molecule has 0 aliphatic heterocycles. The molecule has 1 N–H and O–H groups in total. The molecular formula is C16H24N2O3S. The number of carbonyl (C=O) groups excluding carboxylic acids is 1. The zero-order chi connectivity index (χ0) is 16.2. The van der Waals surface area contributed by atoms with Crippen LogP contribution in [-0.4, -0.2) is 38.1 Å². The molecule has 1 aromatic rings. The van der Waals surface area contributed by atoms with E-state index in [1.807, 2.05) is 11.9 Å². The number of benzene rings is 1. The first kappa shape index (κ1) is 16.8. The molecule has 1 fully saturated rings. The Morgan fingerprint density at radius 3 is 2.32 bits per heavy atom. The molecule has 2 rings (SSSR count). The molecule has 1 aromatic carbocycles. The highest BCUT2D eigenvalue weighted by Crippen LogP contribution is 2.23. The average Bonchev–Trinajstić information content (AvgIpc) is 2.55. The van der Waals surface area contributed by atoms with Crippen LogP contribution >= 0.6 is 0 Å². The SMILES string of the molecule is CCS(=O)(=O)Nc1ccc(C(=O)N(C)C2CCCCC2)cc1. The summed E-state index contributed by atoms with van der Waals surface area (Å²) < 4.78 is 25.5. The van der Waals surface area contributed by atoms with Crippen molar-refractivity contribution < 1.29 is 13.2 Å². The van der Waals surface area contributed by atoms with Gasteiger partial charge in [-0.25, -0.2) is 8.42 Å². The molecule has 0 bridgehead atoms. The lowest BCUT2D eigenvalue weighted by Gasteiger charge is -2.31. The molecule has 0 radical (unpaired) electrons. The Hall–Kier alpha value is -1.56. The van der Waals surface area contributed by atoms with E-state index in [1.54, 1.807) is 31.2 Å². The number of nitrogens with one attached hydrogen (secondary N) is 1. The minimum Gasteiger partial charge on any atom is -0.339 e. The third-order valence-electron chi connectivity index (χ3n) is 4.23. The maximum atomic E-state index is 12.5. The lowest BCUT2D eigenvalue weighted by atomic mass is 9.94. The molecule has 0 aromatic heterocycles. The van der Waals surface area contributed by atoms with Crippen molar-refractivity contribution in [2.75, 3.05) is 17.5 Å². The van der Waals surface area contributed by atoms with Gasteiger partial charge in [-0.05, 0) is 44.0 Å². The molecule has 22 heavy (non-hydrogen) atoms. The first-order valence-corrected chi connectivity index (χ1v) is 9.46. The van der Waals surface area contributed by atoms with Crippen LogP contribution in [-0.2, 0) is 10.0 Å². The van der Waals surface area contributed by atoms with Crippen molar-refractivity contribution in [2.24, 2.45) is 0 Å². The monoisotopic (exact) mass is 324 g/mol. The Bertz CT molecular complexity index is 605. The maximum absolute atomic E-state index is 12.5. The second-order valence-corrected chi connectivity index (χ2v) is 7.80. The third-order valence-corrected chi connectivity index (χ3v) is 5.53. The summed E-state index contributed by atoms with van der Waals surface area (Å²) in [5.41, 5.74) is 1.08. The van der Waals surface area contributed by atoms with Gasteiger partial charge in [-0.2, -0.15) is 0 Å². The van der Waals surface area contributed by atoms with Gasteiger partial charge in [0.05, 0.1) is 5.75 Å². The summed E-state index contributed by atoms with van der Waals surface area (Å²) in [4.78, 5) is 14.3. The van der Waals surface area contributed by atoms with E-state index in [0.717, 1.165) is 12.8 Å². The Kier molecular flexibility index (Phi) is 5.45. The predicted octanol–water partition coefficient (Wildman–Crippen LogP) is 2.85. The van der Waals surface area contributed by atoms with Gasteiger partial charge in [0.2, 0.25) is 10.0 Å². The van der Waals surface area contributed by atoms with Gasteiger partial charge < -0.3 is 4.90 Å². The highest BCUT2D eigenvalue weighted by atomic mass is 32.2. The van der Waals surface area contributed by atoms with E-state index in [9.17, 15) is 13.2 Å². The molecule has 0 heterocycles. The summed E-state index contributed by atoms with van der Waals surface area (Å²) in [6, 6.07) is 6.94. The predicted molar refractivity (Wildman–Crippen MR) is 88.5 cm³/mol. The molecular weight excluding hydrogens is 300 g/mol. The average molecular weight is 324 g/mol. The fraction of sp³-hybridized carbons (Fsp3) is 0.562. The van der Waals surface area contributed by atoms with Crippen molar-refractivity contribution in [1.29, 1.82) is 0 Å². The summed E-state index contributed by atoms with van der Waals surface area (Å²) in [5, 5.41) is 0. The topological polar surface area (TPSA) is 66.5 Å². The lowest BCUT2D eigenvalue weighted by Crippen LogP contribution is -2.38. The van der Waals surface area contributed by atoms with Gasteiger partial charge in [0.15, 0.2) is 0 Å². The largest absolute Gasteiger partial charge is 0.339 e. The number of carbonyl (C=O) groups is 1. The van der Waals surface area contributed by atoms with Crippen LogP contribution in [0.3, 0.4) is 0 Å². The van der Waals surface area contributed by atoms with Gasteiger partial charge in [0.1, 0.15) is 0 Å². The lowest BCUT2D eigenvalue weighted by molar-refractivity contribution is 0.0696. The number of hydrogen-bond donors (Lipinski definition) is 1. The molecule has 1 aliphatic rings. The molecule has 0 atom stereocenters. The van der Waals surface area contributed by atoms with Crippen LogP contribution in [0.1, 0.15) is 49.4 Å². The molecule has 0 unspecified atom stereocenters. The van der Waals surface area contributed by atoms with Crippen LogP contribution in [0.5, 0.6) is 0 Å². The Morgan fingerprint density at radius 2 is 1.77 bits per heavy atom. The van der Waals surface area contributed by atoms with Crippen LogP contribution in [0.15, 0.2) is 24.3 Å². The number of sulfonamides is 1. The van der Waals surface area contributed by atoms with Gasteiger partial charge >= 0.3 is 0 Å². The van der Waals surface area contributed by atoms with E-state index < -0.39 is 10.0 Å². The summed E-state index contributed by atoms with van der Waals surface area (Å²) in [6.07, 6.45) is 5.75. The second-order valence-electron chi connectivity index (χ2n) is 5.79. The number of rotatable bonds is 5. The maximum Gasteiger partial charge on any atom is 0.253 e. The first-order chi connectivity index (χ1) is 10.4. The summed E-state index contributed by atoms with van der Waals surface area (Å²) >= 11 is 0. The zero-order valence-corrected chi connectivity index (χ0v) is 14.0. The van der Waals surface area contributed by atoms with E-state index in [-0.39, 0.29) is 11.7 Å². The smallest absolute Gasteiger partial charge is 0.253 e. The molecule has 0 saturated heterocycles. The zero-order valence-electron chi connectivity index (χ0n) is 13.2. The van der Waals surface area contributed by atoms with Crippen molar-refractivity contribution in [2.45, 2.75) is 45.1 Å². The van der Waals surface area contributed by atoms with Gasteiger partial charge in [0, 0.05) is 24.3 Å². The van der Waals surface area contributed by atoms with Crippen LogP contribution in [0.4, 0.5) is 5.69 Å². The fourth-order valence-corrected chi connectivity index (χ4v) is 3.41. The second kappa shape index (κ2) is 7.13. The summed E-state index contributed by atoms with van der Waals surface area (Å²) in [6.45, 7) is 1.58. The Labute approximate surface area is 132 Å². The normalized spacial score (nSPS) is 16.3. The molecule has 5 nitrogen and oxygen atoms in total. The van der Waals surface area contributed by atoms with Gasteiger partial charge in [-0.3, -0.25) is 9.52 Å². The van der Waals surface area contributed by atoms with Crippen molar-refractivity contribution in [1.82, 2.24) is 4.90 Å².